The van der Waals surface area contributed by atoms with Crippen molar-refractivity contribution >= 4 is 23.5 Å². The lowest BCUT2D eigenvalue weighted by Crippen LogP contribution is -1.84. The van der Waals surface area contributed by atoms with Crippen molar-refractivity contribution in [3.8, 4) is 22.3 Å². The van der Waals surface area contributed by atoms with E-state index < -0.39 is 0 Å². The van der Waals surface area contributed by atoms with Crippen molar-refractivity contribution < 1.29 is 9.59 Å². The minimum absolute atomic E-state index is 0.472. The summed E-state index contributed by atoms with van der Waals surface area (Å²) in [6.45, 7) is 0. The van der Waals surface area contributed by atoms with Crippen LogP contribution in [0.25, 0.3) is 22.3 Å². The molecule has 0 fully saturated rings. The number of aliphatic imine (C=N–C) groups is 2. The van der Waals surface area contributed by atoms with Gasteiger partial charge in [-0.25, -0.2) is 9.59 Å². The second kappa shape index (κ2) is 7.12. The van der Waals surface area contributed by atoms with Gasteiger partial charge < -0.3 is 0 Å². The first kappa shape index (κ1) is 15.3. The molecule has 0 radical (unpaired) electrons. The fraction of sp³-hybridized carbons (Fsp3) is 0. The van der Waals surface area contributed by atoms with Gasteiger partial charge in [0.05, 0.1) is 11.4 Å². The van der Waals surface area contributed by atoms with Gasteiger partial charge in [0.15, 0.2) is 0 Å². The Morgan fingerprint density at radius 1 is 0.583 bits per heavy atom. The lowest BCUT2D eigenvalue weighted by atomic mass is 9.96. The lowest BCUT2D eigenvalue weighted by Gasteiger charge is -2.11. The Hall–Kier alpha value is -3.58. The van der Waals surface area contributed by atoms with Crippen molar-refractivity contribution in [3.63, 3.8) is 0 Å². The number of hydrogen-bond acceptors (Lipinski definition) is 4. The summed E-state index contributed by atoms with van der Waals surface area (Å²) in [6, 6.07) is 22.4. The summed E-state index contributed by atoms with van der Waals surface area (Å²) in [5, 5.41) is 0. The number of carbonyl (C=O) groups excluding carboxylic acids is 2. The van der Waals surface area contributed by atoms with Gasteiger partial charge in [-0.05, 0) is 23.3 Å². The summed E-state index contributed by atoms with van der Waals surface area (Å²) in [7, 11) is 0. The molecule has 3 rings (SSSR count). The van der Waals surface area contributed by atoms with Crippen LogP contribution in [0.2, 0.25) is 0 Å². The van der Waals surface area contributed by atoms with Crippen LogP contribution < -0.4 is 0 Å². The molecule has 0 aromatic heterocycles. The van der Waals surface area contributed by atoms with Gasteiger partial charge in [0.2, 0.25) is 12.2 Å². The highest BCUT2D eigenvalue weighted by atomic mass is 16.1. The van der Waals surface area contributed by atoms with Gasteiger partial charge in [-0.3, -0.25) is 0 Å². The van der Waals surface area contributed by atoms with Crippen LogP contribution in [0.5, 0.6) is 0 Å². The zero-order valence-electron chi connectivity index (χ0n) is 12.6. The second-order valence-electron chi connectivity index (χ2n) is 5.02. The van der Waals surface area contributed by atoms with Crippen LogP contribution in [0.1, 0.15) is 0 Å². The van der Waals surface area contributed by atoms with E-state index in [-0.39, 0.29) is 0 Å². The molecule has 0 amide bonds. The van der Waals surface area contributed by atoms with Gasteiger partial charge >= 0.3 is 0 Å². The topological polar surface area (TPSA) is 58.9 Å². The molecule has 4 nitrogen and oxygen atoms in total. The maximum atomic E-state index is 10.8. The molecular formula is C20H12N2O2. The van der Waals surface area contributed by atoms with Crippen molar-refractivity contribution in [3.05, 3.63) is 72.8 Å². The van der Waals surface area contributed by atoms with Crippen molar-refractivity contribution in [2.45, 2.75) is 0 Å². The fourth-order valence-electron chi connectivity index (χ4n) is 2.56. The average molecular weight is 312 g/mol. The summed E-state index contributed by atoms with van der Waals surface area (Å²) in [6.07, 6.45) is 3.18. The van der Waals surface area contributed by atoms with Crippen molar-refractivity contribution in [2.75, 3.05) is 0 Å². The molecule has 0 aliphatic rings. The summed E-state index contributed by atoms with van der Waals surface area (Å²) < 4.78 is 0. The Labute approximate surface area is 138 Å². The van der Waals surface area contributed by atoms with Crippen LogP contribution in [0, 0.1) is 0 Å². The molecule has 0 saturated heterocycles. The summed E-state index contributed by atoms with van der Waals surface area (Å²) in [5.41, 5.74) is 4.09. The van der Waals surface area contributed by atoms with E-state index in [9.17, 15) is 9.59 Å². The predicted octanol–water partition coefficient (Wildman–Crippen LogP) is 4.96. The molecule has 0 saturated carbocycles. The number of nitrogens with zero attached hydrogens (tertiary/aromatic N) is 2. The van der Waals surface area contributed by atoms with Crippen LogP contribution in [0.3, 0.4) is 0 Å². The van der Waals surface area contributed by atoms with Gasteiger partial charge in [-0.1, -0.05) is 60.7 Å². The lowest BCUT2D eigenvalue weighted by molar-refractivity contribution is 0.564. The Balaban J connectivity index is 2.31. The van der Waals surface area contributed by atoms with Gasteiger partial charge in [-0.15, -0.1) is 0 Å². The van der Waals surface area contributed by atoms with E-state index in [0.717, 1.165) is 11.1 Å². The quantitative estimate of drug-likeness (QED) is 0.505. The van der Waals surface area contributed by atoms with Gasteiger partial charge in [0, 0.05) is 11.1 Å². The molecule has 0 bridgehead atoms. The minimum atomic E-state index is 0.472. The molecule has 3 aromatic carbocycles. The molecular weight excluding hydrogens is 300 g/mol. The normalized spacial score (nSPS) is 9.67. The van der Waals surface area contributed by atoms with E-state index >= 15 is 0 Å². The Morgan fingerprint density at radius 2 is 0.958 bits per heavy atom. The van der Waals surface area contributed by atoms with E-state index in [0.29, 0.717) is 22.5 Å². The second-order valence-corrected chi connectivity index (χ2v) is 5.02. The smallest absolute Gasteiger partial charge is 0.211 e. The highest BCUT2D eigenvalue weighted by molar-refractivity contribution is 5.89. The monoisotopic (exact) mass is 312 g/mol. The molecule has 0 N–H and O–H groups in total. The number of hydrogen-bond donors (Lipinski definition) is 0. The highest BCUT2D eigenvalue weighted by Crippen LogP contribution is 2.40. The molecule has 3 aromatic rings. The number of benzene rings is 3. The van der Waals surface area contributed by atoms with E-state index in [1.54, 1.807) is 24.3 Å². The molecule has 0 atom stereocenters. The third-order valence-corrected chi connectivity index (χ3v) is 3.62. The largest absolute Gasteiger partial charge is 0.240 e. The zero-order valence-corrected chi connectivity index (χ0v) is 12.6. The number of rotatable bonds is 4. The Morgan fingerprint density at radius 3 is 1.29 bits per heavy atom. The molecule has 0 spiro atoms. The van der Waals surface area contributed by atoms with E-state index in [2.05, 4.69) is 9.98 Å². The van der Waals surface area contributed by atoms with Crippen molar-refractivity contribution in [1.82, 2.24) is 0 Å². The average Bonchev–Trinajstić information content (AvgIpc) is 2.64. The van der Waals surface area contributed by atoms with E-state index in [4.69, 9.17) is 0 Å². The molecule has 0 heterocycles. The third kappa shape index (κ3) is 3.11. The predicted molar refractivity (Wildman–Crippen MR) is 92.9 cm³/mol. The first-order valence-corrected chi connectivity index (χ1v) is 7.28. The highest BCUT2D eigenvalue weighted by Gasteiger charge is 2.12. The molecule has 0 aliphatic heterocycles. The Kier molecular flexibility index (Phi) is 4.55. The first-order valence-electron chi connectivity index (χ1n) is 7.28. The van der Waals surface area contributed by atoms with Crippen molar-refractivity contribution in [2.24, 2.45) is 9.98 Å². The summed E-state index contributed by atoms with van der Waals surface area (Å²) in [4.78, 5) is 29.3. The van der Waals surface area contributed by atoms with Gasteiger partial charge in [-0.2, -0.15) is 9.98 Å². The molecule has 114 valence electrons. The van der Waals surface area contributed by atoms with Crippen LogP contribution in [0.15, 0.2) is 82.8 Å². The standard InChI is InChI=1S/C20H12N2O2/c23-13-21-19-12-18(16-9-5-2-6-10-16)20(22-14-24)11-17(19)15-7-3-1-4-8-15/h1-12H. The van der Waals surface area contributed by atoms with Crippen LogP contribution in [0.4, 0.5) is 11.4 Å². The van der Waals surface area contributed by atoms with Gasteiger partial charge in [0.25, 0.3) is 0 Å². The molecule has 24 heavy (non-hydrogen) atoms. The maximum Gasteiger partial charge on any atom is 0.240 e. The zero-order chi connectivity index (χ0) is 16.8. The maximum absolute atomic E-state index is 10.8. The number of isocyanates is 2. The summed E-state index contributed by atoms with van der Waals surface area (Å²) >= 11 is 0. The summed E-state index contributed by atoms with van der Waals surface area (Å²) in [5.74, 6) is 0. The molecule has 0 unspecified atom stereocenters. The SMILES string of the molecule is O=C=Nc1cc(-c2ccccc2)c(N=C=O)cc1-c1ccccc1. The van der Waals surface area contributed by atoms with E-state index in [1.165, 1.54) is 0 Å². The van der Waals surface area contributed by atoms with Crippen LogP contribution in [-0.4, -0.2) is 12.2 Å². The van der Waals surface area contributed by atoms with Gasteiger partial charge in [0.1, 0.15) is 0 Å². The molecule has 0 aliphatic carbocycles. The molecule has 4 heteroatoms. The van der Waals surface area contributed by atoms with Crippen LogP contribution in [-0.2, 0) is 9.59 Å². The van der Waals surface area contributed by atoms with Crippen molar-refractivity contribution in [1.29, 1.82) is 0 Å². The fourth-order valence-corrected chi connectivity index (χ4v) is 2.56. The third-order valence-electron chi connectivity index (χ3n) is 3.62. The van der Waals surface area contributed by atoms with E-state index in [1.807, 2.05) is 60.7 Å². The first-order chi connectivity index (χ1) is 11.8. The van der Waals surface area contributed by atoms with Crippen LogP contribution >= 0.6 is 0 Å². The minimum Gasteiger partial charge on any atom is -0.211 e. The Bertz CT molecular complexity index is 872.